The molecule has 4 aliphatic rings. The van der Waals surface area contributed by atoms with E-state index in [9.17, 15) is 4.79 Å². The number of hydrogen-bond acceptors (Lipinski definition) is 2. The van der Waals surface area contributed by atoms with Crippen molar-refractivity contribution in [1.29, 1.82) is 0 Å². The highest BCUT2D eigenvalue weighted by atomic mass is 79.9. The van der Waals surface area contributed by atoms with Gasteiger partial charge in [0.1, 0.15) is 0 Å². The van der Waals surface area contributed by atoms with Crippen LogP contribution in [0.5, 0.6) is 0 Å². The minimum Gasteiger partial charge on any atom is -0.351 e. The van der Waals surface area contributed by atoms with E-state index in [0.29, 0.717) is 13.0 Å². The molecule has 0 spiro atoms. The van der Waals surface area contributed by atoms with Crippen molar-refractivity contribution >= 4 is 21.8 Å². The molecular weight excluding hydrogens is 342 g/mol. The molecule has 0 unspecified atom stereocenters. The van der Waals surface area contributed by atoms with Crippen molar-refractivity contribution in [2.75, 3.05) is 0 Å². The van der Waals surface area contributed by atoms with E-state index in [0.717, 1.165) is 27.9 Å². The van der Waals surface area contributed by atoms with Crippen molar-refractivity contribution in [3.63, 3.8) is 0 Å². The largest absolute Gasteiger partial charge is 0.351 e. The van der Waals surface area contributed by atoms with Crippen molar-refractivity contribution in [3.8, 4) is 0 Å². The highest BCUT2D eigenvalue weighted by Gasteiger charge is 2.51. The van der Waals surface area contributed by atoms with E-state index < -0.39 is 0 Å². The van der Waals surface area contributed by atoms with Gasteiger partial charge in [-0.15, -0.1) is 0 Å². The van der Waals surface area contributed by atoms with Crippen LogP contribution in [-0.2, 0) is 11.3 Å². The van der Waals surface area contributed by atoms with Crippen molar-refractivity contribution < 1.29 is 4.79 Å². The summed E-state index contributed by atoms with van der Waals surface area (Å²) in [5.74, 6) is 2.81. The fourth-order valence-corrected chi connectivity index (χ4v) is 5.76. The normalized spacial score (nSPS) is 35.8. The molecule has 1 N–H and O–H groups in total. The highest BCUT2D eigenvalue weighted by Crippen LogP contribution is 2.55. The number of halogens is 1. The van der Waals surface area contributed by atoms with E-state index in [4.69, 9.17) is 0 Å². The summed E-state index contributed by atoms with van der Waals surface area (Å²) in [7, 11) is 0. The summed E-state index contributed by atoms with van der Waals surface area (Å²) in [6.07, 6.45) is 10.4. The maximum atomic E-state index is 12.4. The van der Waals surface area contributed by atoms with E-state index in [1.807, 2.05) is 17.8 Å². The number of hydrogen-bond donors (Lipinski definition) is 1. The quantitative estimate of drug-likeness (QED) is 0.888. The Morgan fingerprint density at radius 3 is 2.41 bits per heavy atom. The Morgan fingerprint density at radius 1 is 1.32 bits per heavy atom. The molecule has 0 aromatic carbocycles. The number of rotatable bonds is 4. The highest BCUT2D eigenvalue weighted by molar-refractivity contribution is 9.10. The number of amides is 1. The van der Waals surface area contributed by atoms with Crippen LogP contribution in [0.4, 0.5) is 0 Å². The van der Waals surface area contributed by atoms with Crippen LogP contribution < -0.4 is 5.32 Å². The maximum Gasteiger partial charge on any atom is 0.222 e. The standard InChI is InChI=1S/C17H24BrN3O/c1-11-15(18)10-21(20-11)3-2-16(22)19-17-7-12-4-13(8-17)6-14(5-12)9-17/h10,12-14H,2-9H2,1H3,(H,19,22). The Bertz CT molecular complexity index is 540. The molecule has 120 valence electrons. The van der Waals surface area contributed by atoms with Crippen LogP contribution in [0.25, 0.3) is 0 Å². The molecule has 4 fully saturated rings. The Hall–Kier alpha value is -0.840. The Morgan fingerprint density at radius 2 is 1.91 bits per heavy atom. The fraction of sp³-hybridized carbons (Fsp3) is 0.765. The van der Waals surface area contributed by atoms with E-state index in [2.05, 4.69) is 26.3 Å². The second-order valence-corrected chi connectivity index (χ2v) is 8.68. The van der Waals surface area contributed by atoms with Gasteiger partial charge in [0.15, 0.2) is 0 Å². The van der Waals surface area contributed by atoms with Gasteiger partial charge in [0.2, 0.25) is 5.91 Å². The molecule has 1 heterocycles. The van der Waals surface area contributed by atoms with Gasteiger partial charge in [-0.1, -0.05) is 0 Å². The first-order valence-electron chi connectivity index (χ1n) is 8.52. The topological polar surface area (TPSA) is 46.9 Å². The second-order valence-electron chi connectivity index (χ2n) is 7.82. The molecule has 4 nitrogen and oxygen atoms in total. The van der Waals surface area contributed by atoms with Gasteiger partial charge < -0.3 is 5.32 Å². The van der Waals surface area contributed by atoms with Gasteiger partial charge >= 0.3 is 0 Å². The van der Waals surface area contributed by atoms with E-state index >= 15 is 0 Å². The average molecular weight is 366 g/mol. The minimum absolute atomic E-state index is 0.131. The summed E-state index contributed by atoms with van der Waals surface area (Å²) < 4.78 is 2.87. The third-order valence-electron chi connectivity index (χ3n) is 5.90. The van der Waals surface area contributed by atoms with Gasteiger partial charge in [0, 0.05) is 24.7 Å². The number of carbonyl (C=O) groups is 1. The van der Waals surface area contributed by atoms with Crippen molar-refractivity contribution in [2.45, 2.75) is 64.0 Å². The lowest BCUT2D eigenvalue weighted by Crippen LogP contribution is -2.59. The summed E-state index contributed by atoms with van der Waals surface area (Å²) in [6.45, 7) is 2.63. The van der Waals surface area contributed by atoms with E-state index in [-0.39, 0.29) is 11.4 Å². The monoisotopic (exact) mass is 365 g/mol. The summed E-state index contributed by atoms with van der Waals surface area (Å²) in [5, 5.41) is 7.82. The molecule has 1 aromatic heterocycles. The molecule has 5 rings (SSSR count). The third kappa shape index (κ3) is 2.72. The zero-order chi connectivity index (χ0) is 15.3. The van der Waals surface area contributed by atoms with Crippen molar-refractivity contribution in [2.24, 2.45) is 17.8 Å². The molecule has 0 aliphatic heterocycles. The van der Waals surface area contributed by atoms with Gasteiger partial charge in [-0.25, -0.2) is 0 Å². The van der Waals surface area contributed by atoms with Crippen LogP contribution in [-0.4, -0.2) is 21.2 Å². The number of aryl methyl sites for hydroxylation is 2. The smallest absolute Gasteiger partial charge is 0.222 e. The second kappa shape index (κ2) is 5.36. The summed E-state index contributed by atoms with van der Waals surface area (Å²) in [6, 6.07) is 0. The molecule has 4 aliphatic carbocycles. The predicted octanol–water partition coefficient (Wildman–Crippen LogP) is 3.43. The maximum absolute atomic E-state index is 12.4. The molecule has 0 radical (unpaired) electrons. The Labute approximate surface area is 140 Å². The summed E-state index contributed by atoms with van der Waals surface area (Å²) in [4.78, 5) is 12.4. The third-order valence-corrected chi connectivity index (χ3v) is 6.68. The van der Waals surface area contributed by atoms with Crippen LogP contribution >= 0.6 is 15.9 Å². The predicted molar refractivity (Wildman–Crippen MR) is 88.3 cm³/mol. The molecule has 0 atom stereocenters. The fourth-order valence-electron chi connectivity index (χ4n) is 5.45. The molecule has 1 amide bonds. The number of nitrogens with one attached hydrogen (secondary N) is 1. The molecule has 4 bridgehead atoms. The molecule has 5 heteroatoms. The van der Waals surface area contributed by atoms with Gasteiger partial charge in [-0.3, -0.25) is 9.48 Å². The Kier molecular flexibility index (Phi) is 3.59. The van der Waals surface area contributed by atoms with Crippen LogP contribution in [0.15, 0.2) is 10.7 Å². The molecular formula is C17H24BrN3O. The van der Waals surface area contributed by atoms with Crippen LogP contribution in [0.2, 0.25) is 0 Å². The first-order valence-corrected chi connectivity index (χ1v) is 9.31. The number of carbonyl (C=O) groups excluding carboxylic acids is 1. The SMILES string of the molecule is Cc1nn(CCC(=O)NC23CC4CC(CC(C4)C2)C3)cc1Br. The number of aromatic nitrogens is 2. The van der Waals surface area contributed by atoms with Crippen molar-refractivity contribution in [3.05, 3.63) is 16.4 Å². The van der Waals surface area contributed by atoms with Gasteiger partial charge in [0.25, 0.3) is 0 Å². The molecule has 4 saturated carbocycles. The molecule has 1 aromatic rings. The first-order chi connectivity index (χ1) is 10.5. The van der Waals surface area contributed by atoms with Crippen LogP contribution in [0, 0.1) is 24.7 Å². The lowest BCUT2D eigenvalue weighted by Gasteiger charge is -2.56. The summed E-state index contributed by atoms with van der Waals surface area (Å²) >= 11 is 3.46. The summed E-state index contributed by atoms with van der Waals surface area (Å²) in [5.41, 5.74) is 1.11. The minimum atomic E-state index is 0.131. The molecule has 0 saturated heterocycles. The van der Waals surface area contributed by atoms with Crippen LogP contribution in [0.1, 0.15) is 50.6 Å². The Balaban J connectivity index is 1.36. The zero-order valence-corrected chi connectivity index (χ0v) is 14.7. The molecule has 22 heavy (non-hydrogen) atoms. The van der Waals surface area contributed by atoms with Crippen LogP contribution in [0.3, 0.4) is 0 Å². The van der Waals surface area contributed by atoms with Gasteiger partial charge in [-0.2, -0.15) is 5.10 Å². The van der Waals surface area contributed by atoms with Gasteiger partial charge in [0.05, 0.1) is 10.2 Å². The lowest BCUT2D eigenvalue weighted by molar-refractivity contribution is -0.127. The van der Waals surface area contributed by atoms with Crippen molar-refractivity contribution in [1.82, 2.24) is 15.1 Å². The first kappa shape index (κ1) is 14.7. The van der Waals surface area contributed by atoms with E-state index in [1.54, 1.807) is 0 Å². The van der Waals surface area contributed by atoms with E-state index in [1.165, 1.54) is 38.5 Å². The van der Waals surface area contributed by atoms with Gasteiger partial charge in [-0.05, 0) is 79.1 Å². The lowest BCUT2D eigenvalue weighted by atomic mass is 9.53. The zero-order valence-electron chi connectivity index (χ0n) is 13.1. The average Bonchev–Trinajstić information content (AvgIpc) is 2.73. The number of nitrogens with zero attached hydrogens (tertiary/aromatic N) is 2.